The predicted octanol–water partition coefficient (Wildman–Crippen LogP) is 5.50. The highest BCUT2D eigenvalue weighted by molar-refractivity contribution is 6.36. The van der Waals surface area contributed by atoms with Gasteiger partial charge in [-0.15, -0.1) is 0 Å². The Bertz CT molecular complexity index is 1070. The molecule has 1 aromatic carbocycles. The number of aromatic nitrogens is 2. The molecule has 0 saturated heterocycles. The van der Waals surface area contributed by atoms with Gasteiger partial charge in [0.25, 0.3) is 5.91 Å². The molecule has 1 amide bonds. The molecule has 1 aromatic heterocycles. The van der Waals surface area contributed by atoms with Gasteiger partial charge in [-0.05, 0) is 69.6 Å². The molecule has 0 bridgehead atoms. The standard InChI is InChI=1S/C26H36ClF2N3O4/c1-5-11-25(4,34)17-7-8-18(19(14-17)36-24(28)29)22-20(27)21(31-32(22)6-2)23(33)30-15-26(35)12-9-16(3)10-13-26/h7-8,14,16,24,34-35H,5-6,9-13,15H2,1-4H3,(H,30,33)/t16?,25-,26?/m1/s1. The highest BCUT2D eigenvalue weighted by Crippen LogP contribution is 2.40. The number of carbonyl (C=O) groups excluding carboxylic acids is 1. The maximum Gasteiger partial charge on any atom is 0.387 e. The normalized spacial score (nSPS) is 21.9. The van der Waals surface area contributed by atoms with Crippen LogP contribution in [0.15, 0.2) is 18.2 Å². The molecule has 0 aliphatic heterocycles. The maximum atomic E-state index is 13.3. The molecule has 1 saturated carbocycles. The topological polar surface area (TPSA) is 96.6 Å². The summed E-state index contributed by atoms with van der Waals surface area (Å²) in [5, 5.41) is 28.6. The fraction of sp³-hybridized carbons (Fsp3) is 0.615. The third-order valence-electron chi connectivity index (χ3n) is 7.00. The second-order valence-corrected chi connectivity index (χ2v) is 10.4. The Morgan fingerprint density at radius 1 is 1.36 bits per heavy atom. The van der Waals surface area contributed by atoms with Crippen LogP contribution in [0.4, 0.5) is 8.78 Å². The zero-order chi connectivity index (χ0) is 26.7. The number of aryl methyl sites for hydroxylation is 1. The van der Waals surface area contributed by atoms with Crippen molar-refractivity contribution in [1.82, 2.24) is 15.1 Å². The van der Waals surface area contributed by atoms with Gasteiger partial charge in [-0.25, -0.2) is 0 Å². The summed E-state index contributed by atoms with van der Waals surface area (Å²) < 4.78 is 32.9. The lowest BCUT2D eigenvalue weighted by Gasteiger charge is -2.34. The van der Waals surface area contributed by atoms with E-state index in [-0.39, 0.29) is 34.3 Å². The van der Waals surface area contributed by atoms with E-state index in [0.717, 1.165) is 12.8 Å². The Morgan fingerprint density at radius 2 is 2.03 bits per heavy atom. The second kappa shape index (κ2) is 11.4. The molecule has 3 rings (SSSR count). The Morgan fingerprint density at radius 3 is 2.61 bits per heavy atom. The van der Waals surface area contributed by atoms with Crippen molar-refractivity contribution in [3.05, 3.63) is 34.5 Å². The van der Waals surface area contributed by atoms with Crippen LogP contribution >= 0.6 is 11.6 Å². The molecule has 36 heavy (non-hydrogen) atoms. The van der Waals surface area contributed by atoms with Crippen molar-refractivity contribution in [3.8, 4) is 17.0 Å². The number of hydrogen-bond acceptors (Lipinski definition) is 5. The predicted molar refractivity (Wildman–Crippen MR) is 134 cm³/mol. The largest absolute Gasteiger partial charge is 0.434 e. The first-order chi connectivity index (χ1) is 16.9. The number of nitrogens with zero attached hydrogens (tertiary/aromatic N) is 2. The first-order valence-corrected chi connectivity index (χ1v) is 12.9. The molecule has 0 radical (unpaired) electrons. The minimum absolute atomic E-state index is 0.00853. The first-order valence-electron chi connectivity index (χ1n) is 12.5. The summed E-state index contributed by atoms with van der Waals surface area (Å²) in [6.45, 7) is 4.74. The van der Waals surface area contributed by atoms with Gasteiger partial charge in [0.05, 0.1) is 21.9 Å². The van der Waals surface area contributed by atoms with Gasteiger partial charge in [0.1, 0.15) is 5.75 Å². The number of nitrogens with one attached hydrogen (secondary N) is 1. The lowest BCUT2D eigenvalue weighted by Crippen LogP contribution is -2.45. The first kappa shape index (κ1) is 28.3. The number of ether oxygens (including phenoxy) is 1. The van der Waals surface area contributed by atoms with E-state index in [1.807, 2.05) is 6.92 Å². The number of hydrogen-bond donors (Lipinski definition) is 3. The zero-order valence-electron chi connectivity index (χ0n) is 21.3. The van der Waals surface area contributed by atoms with E-state index in [9.17, 15) is 23.8 Å². The molecule has 7 nitrogen and oxygen atoms in total. The van der Waals surface area contributed by atoms with Crippen molar-refractivity contribution in [1.29, 1.82) is 0 Å². The van der Waals surface area contributed by atoms with Gasteiger partial charge >= 0.3 is 6.61 Å². The summed E-state index contributed by atoms with van der Waals surface area (Å²) in [5.41, 5.74) is -1.36. The van der Waals surface area contributed by atoms with E-state index >= 15 is 0 Å². The van der Waals surface area contributed by atoms with Gasteiger partial charge in [-0.1, -0.05) is 37.9 Å². The number of amides is 1. The van der Waals surface area contributed by atoms with E-state index < -0.39 is 23.7 Å². The van der Waals surface area contributed by atoms with Crippen molar-refractivity contribution in [2.24, 2.45) is 5.92 Å². The third kappa shape index (κ3) is 6.36. The van der Waals surface area contributed by atoms with Crippen LogP contribution in [0.1, 0.15) is 82.3 Å². The third-order valence-corrected chi connectivity index (χ3v) is 7.36. The van der Waals surface area contributed by atoms with E-state index in [1.165, 1.54) is 10.7 Å². The maximum absolute atomic E-state index is 13.3. The van der Waals surface area contributed by atoms with E-state index in [0.29, 0.717) is 43.7 Å². The van der Waals surface area contributed by atoms with Crippen molar-refractivity contribution in [2.45, 2.75) is 90.6 Å². The fourth-order valence-corrected chi connectivity index (χ4v) is 5.08. The smallest absolute Gasteiger partial charge is 0.387 e. The van der Waals surface area contributed by atoms with E-state index in [2.05, 4.69) is 17.3 Å². The fourth-order valence-electron chi connectivity index (χ4n) is 4.75. The van der Waals surface area contributed by atoms with Crippen LogP contribution < -0.4 is 10.1 Å². The number of benzene rings is 1. The average molecular weight is 528 g/mol. The summed E-state index contributed by atoms with van der Waals surface area (Å²) in [6.07, 6.45) is 4.09. The molecule has 200 valence electrons. The Kier molecular flexibility index (Phi) is 9.01. The molecule has 1 heterocycles. The van der Waals surface area contributed by atoms with Crippen molar-refractivity contribution in [3.63, 3.8) is 0 Å². The molecule has 10 heteroatoms. The zero-order valence-corrected chi connectivity index (χ0v) is 22.0. The second-order valence-electron chi connectivity index (χ2n) is 10.0. The van der Waals surface area contributed by atoms with Crippen molar-refractivity contribution < 1.29 is 28.5 Å². The minimum atomic E-state index is -3.10. The van der Waals surface area contributed by atoms with Crippen LogP contribution in [0, 0.1) is 5.92 Å². The summed E-state index contributed by atoms with van der Waals surface area (Å²) in [6, 6.07) is 4.55. The lowest BCUT2D eigenvalue weighted by molar-refractivity contribution is -0.0498. The van der Waals surface area contributed by atoms with Gasteiger partial charge in [0, 0.05) is 18.7 Å². The Hall–Kier alpha value is -2.23. The molecular weight excluding hydrogens is 492 g/mol. The molecular formula is C26H36ClF2N3O4. The summed E-state index contributed by atoms with van der Waals surface area (Å²) >= 11 is 6.60. The van der Waals surface area contributed by atoms with Gasteiger partial charge < -0.3 is 20.3 Å². The number of carbonyl (C=O) groups is 1. The number of aliphatic hydroxyl groups is 2. The van der Waals surface area contributed by atoms with Crippen molar-refractivity contribution >= 4 is 17.5 Å². The van der Waals surface area contributed by atoms with Gasteiger partial charge in [0.2, 0.25) is 0 Å². The highest BCUT2D eigenvalue weighted by atomic mass is 35.5. The Labute approximate surface area is 215 Å². The molecule has 1 aliphatic rings. The van der Waals surface area contributed by atoms with Crippen LogP contribution in [0.2, 0.25) is 5.02 Å². The number of halogens is 3. The monoisotopic (exact) mass is 527 g/mol. The molecule has 3 N–H and O–H groups in total. The molecule has 0 unspecified atom stereocenters. The number of alkyl halides is 2. The van der Waals surface area contributed by atoms with Crippen LogP contribution in [0.25, 0.3) is 11.3 Å². The van der Waals surface area contributed by atoms with Crippen LogP contribution in [-0.4, -0.2) is 44.7 Å². The van der Waals surface area contributed by atoms with Crippen LogP contribution in [0.3, 0.4) is 0 Å². The lowest BCUT2D eigenvalue weighted by atomic mass is 9.79. The molecule has 0 spiro atoms. The average Bonchev–Trinajstić information content (AvgIpc) is 3.15. The SMILES string of the molecule is CCC[C@@](C)(O)c1ccc(-c2c(Cl)c(C(=O)NCC3(O)CCC(C)CC3)nn2CC)c(OC(F)F)c1. The quantitative estimate of drug-likeness (QED) is 0.379. The Balaban J connectivity index is 1.95. The number of rotatable bonds is 10. The van der Waals surface area contributed by atoms with Crippen molar-refractivity contribution in [2.75, 3.05) is 6.54 Å². The summed E-state index contributed by atoms with van der Waals surface area (Å²) in [4.78, 5) is 13.0. The van der Waals surface area contributed by atoms with Crippen LogP contribution in [0.5, 0.6) is 5.75 Å². The van der Waals surface area contributed by atoms with Gasteiger partial charge in [-0.2, -0.15) is 13.9 Å². The highest BCUT2D eigenvalue weighted by Gasteiger charge is 2.33. The van der Waals surface area contributed by atoms with Gasteiger partial charge in [-0.3, -0.25) is 9.48 Å². The molecule has 2 aromatic rings. The summed E-state index contributed by atoms with van der Waals surface area (Å²) in [5.74, 6) is -0.188. The summed E-state index contributed by atoms with van der Waals surface area (Å²) in [7, 11) is 0. The van der Waals surface area contributed by atoms with Gasteiger partial charge in [0.15, 0.2) is 5.69 Å². The minimum Gasteiger partial charge on any atom is -0.434 e. The van der Waals surface area contributed by atoms with E-state index in [4.69, 9.17) is 16.3 Å². The van der Waals surface area contributed by atoms with E-state index in [1.54, 1.807) is 26.0 Å². The molecule has 1 atom stereocenters. The molecule has 1 fully saturated rings. The molecule has 1 aliphatic carbocycles. The van der Waals surface area contributed by atoms with Crippen LogP contribution in [-0.2, 0) is 12.1 Å².